The molecule has 0 bridgehead atoms. The van der Waals surface area contributed by atoms with E-state index in [2.05, 4.69) is 37.9 Å². The van der Waals surface area contributed by atoms with Crippen LogP contribution in [0.25, 0.3) is 6.08 Å². The van der Waals surface area contributed by atoms with E-state index in [1.807, 2.05) is 35.7 Å². The number of thiazole rings is 1. The number of hydrogen-bond acceptors (Lipinski definition) is 6. The maximum absolute atomic E-state index is 13.5. The zero-order valence-electron chi connectivity index (χ0n) is 18.8. The maximum atomic E-state index is 13.5. The van der Waals surface area contributed by atoms with Crippen LogP contribution in [0.1, 0.15) is 56.7 Å². The van der Waals surface area contributed by atoms with Crippen LogP contribution in [-0.4, -0.2) is 17.1 Å². The van der Waals surface area contributed by atoms with Gasteiger partial charge in [-0.3, -0.25) is 9.36 Å². The normalized spacial score (nSPS) is 16.7. The van der Waals surface area contributed by atoms with Gasteiger partial charge in [0.25, 0.3) is 5.56 Å². The van der Waals surface area contributed by atoms with E-state index in [0.717, 1.165) is 10.4 Å². The van der Waals surface area contributed by atoms with Crippen LogP contribution in [0.5, 0.6) is 0 Å². The maximum Gasteiger partial charge on any atom is 0.338 e. The highest BCUT2D eigenvalue weighted by molar-refractivity contribution is 7.10. The fourth-order valence-electron chi connectivity index (χ4n) is 3.74. The molecule has 0 aliphatic carbocycles. The van der Waals surface area contributed by atoms with E-state index in [1.165, 1.54) is 28.2 Å². The molecule has 0 amide bonds. The first-order valence-electron chi connectivity index (χ1n) is 10.5. The molecular formula is C25H26N2O3S2. The number of carbonyl (C=O) groups is 1. The van der Waals surface area contributed by atoms with Gasteiger partial charge in [-0.1, -0.05) is 62.4 Å². The Bertz CT molecular complexity index is 1350. The summed E-state index contributed by atoms with van der Waals surface area (Å²) in [5, 5.41) is 1.94. The lowest BCUT2D eigenvalue weighted by Crippen LogP contribution is -2.39. The molecule has 166 valence electrons. The molecule has 0 fully saturated rings. The Labute approximate surface area is 195 Å². The van der Waals surface area contributed by atoms with Crippen LogP contribution in [0.2, 0.25) is 0 Å². The molecule has 1 aromatic carbocycles. The van der Waals surface area contributed by atoms with E-state index in [9.17, 15) is 9.59 Å². The molecule has 1 aliphatic heterocycles. The zero-order chi connectivity index (χ0) is 23.0. The minimum Gasteiger partial charge on any atom is -0.463 e. The first kappa shape index (κ1) is 22.4. The van der Waals surface area contributed by atoms with Crippen LogP contribution in [-0.2, 0) is 14.9 Å². The van der Waals surface area contributed by atoms with E-state index in [-0.39, 0.29) is 17.6 Å². The van der Waals surface area contributed by atoms with Crippen LogP contribution in [0.15, 0.2) is 62.8 Å². The summed E-state index contributed by atoms with van der Waals surface area (Å²) in [6, 6.07) is 11.6. The highest BCUT2D eigenvalue weighted by Gasteiger charge is 2.33. The molecule has 2 aromatic heterocycles. The van der Waals surface area contributed by atoms with Crippen molar-refractivity contribution in [3.63, 3.8) is 0 Å². The molecule has 7 heteroatoms. The van der Waals surface area contributed by atoms with Crippen molar-refractivity contribution in [1.29, 1.82) is 0 Å². The third-order valence-electron chi connectivity index (χ3n) is 5.40. The molecule has 0 saturated heterocycles. The van der Waals surface area contributed by atoms with Gasteiger partial charge in [-0.25, -0.2) is 9.79 Å². The molecule has 1 aliphatic rings. The molecule has 0 unspecified atom stereocenters. The molecule has 0 saturated carbocycles. The lowest BCUT2D eigenvalue weighted by Gasteiger charge is -2.23. The smallest absolute Gasteiger partial charge is 0.338 e. The van der Waals surface area contributed by atoms with E-state index < -0.39 is 12.0 Å². The quantitative estimate of drug-likeness (QED) is 0.543. The fraction of sp³-hybridized carbons (Fsp3) is 0.320. The predicted molar refractivity (Wildman–Crippen MR) is 130 cm³/mol. The van der Waals surface area contributed by atoms with Gasteiger partial charge in [0, 0.05) is 4.88 Å². The van der Waals surface area contributed by atoms with Crippen molar-refractivity contribution in [2.45, 2.75) is 46.1 Å². The largest absolute Gasteiger partial charge is 0.463 e. The number of carbonyl (C=O) groups excluding carboxylic acids is 1. The number of thiophene rings is 1. The van der Waals surface area contributed by atoms with E-state index in [4.69, 9.17) is 4.74 Å². The lowest BCUT2D eigenvalue weighted by atomic mass is 9.87. The van der Waals surface area contributed by atoms with Crippen LogP contribution < -0.4 is 14.9 Å². The van der Waals surface area contributed by atoms with Crippen LogP contribution >= 0.6 is 22.7 Å². The monoisotopic (exact) mass is 466 g/mol. The Balaban J connectivity index is 1.86. The summed E-state index contributed by atoms with van der Waals surface area (Å²) in [4.78, 5) is 32.4. The molecule has 0 spiro atoms. The number of esters is 1. The van der Waals surface area contributed by atoms with Crippen molar-refractivity contribution in [2.75, 3.05) is 6.61 Å². The summed E-state index contributed by atoms with van der Waals surface area (Å²) in [6.07, 6.45) is 1.89. The average molecular weight is 467 g/mol. The number of ether oxygens (including phenoxy) is 1. The summed E-state index contributed by atoms with van der Waals surface area (Å²) in [5.74, 6) is -0.431. The molecule has 5 nitrogen and oxygen atoms in total. The summed E-state index contributed by atoms with van der Waals surface area (Å²) in [5.41, 5.74) is 3.12. The van der Waals surface area contributed by atoms with Gasteiger partial charge in [0.15, 0.2) is 4.80 Å². The van der Waals surface area contributed by atoms with Gasteiger partial charge in [-0.05, 0) is 47.9 Å². The minimum absolute atomic E-state index is 0.0691. The second-order valence-electron chi connectivity index (χ2n) is 8.69. The fourth-order valence-corrected chi connectivity index (χ4v) is 5.61. The molecule has 4 rings (SSSR count). The van der Waals surface area contributed by atoms with E-state index in [0.29, 0.717) is 20.6 Å². The third kappa shape index (κ3) is 4.14. The third-order valence-corrected chi connectivity index (χ3v) is 7.31. The van der Waals surface area contributed by atoms with Crippen LogP contribution in [0, 0.1) is 0 Å². The molecular weight excluding hydrogens is 440 g/mol. The second-order valence-corrected chi connectivity index (χ2v) is 10.7. The Morgan fingerprint density at radius 3 is 2.53 bits per heavy atom. The van der Waals surface area contributed by atoms with Gasteiger partial charge in [0.2, 0.25) is 0 Å². The Hall–Kier alpha value is -2.77. The number of rotatable bonds is 4. The average Bonchev–Trinajstić information content (AvgIpc) is 3.36. The predicted octanol–water partition coefficient (Wildman–Crippen LogP) is 4.16. The van der Waals surface area contributed by atoms with Crippen LogP contribution in [0.3, 0.4) is 0 Å². The van der Waals surface area contributed by atoms with Gasteiger partial charge < -0.3 is 4.74 Å². The first-order chi connectivity index (χ1) is 15.2. The highest BCUT2D eigenvalue weighted by Crippen LogP contribution is 2.33. The minimum atomic E-state index is -0.532. The second kappa shape index (κ2) is 8.64. The topological polar surface area (TPSA) is 60.7 Å². The summed E-state index contributed by atoms with van der Waals surface area (Å²) >= 11 is 2.86. The molecule has 0 radical (unpaired) electrons. The molecule has 0 N–H and O–H groups in total. The van der Waals surface area contributed by atoms with Crippen molar-refractivity contribution in [3.8, 4) is 0 Å². The molecule has 1 atom stereocenters. The number of aromatic nitrogens is 1. The Morgan fingerprint density at radius 1 is 1.22 bits per heavy atom. The van der Waals surface area contributed by atoms with Gasteiger partial charge >= 0.3 is 5.97 Å². The van der Waals surface area contributed by atoms with E-state index in [1.54, 1.807) is 18.4 Å². The standard InChI is InChI=1S/C25H26N2O3S2/c1-6-30-23(29)20-15(2)26-24-27(21(20)18-8-7-13-31-18)22(28)19(32-24)14-16-9-11-17(12-10-16)25(3,4)5/h7-14,21H,6H2,1-5H3/b19-14+/t21-/m1/s1. The summed E-state index contributed by atoms with van der Waals surface area (Å²) in [7, 11) is 0. The van der Waals surface area contributed by atoms with Crippen molar-refractivity contribution in [3.05, 3.63) is 88.7 Å². The lowest BCUT2D eigenvalue weighted by molar-refractivity contribution is -0.139. The van der Waals surface area contributed by atoms with Crippen molar-refractivity contribution in [1.82, 2.24) is 4.57 Å². The van der Waals surface area contributed by atoms with Crippen molar-refractivity contribution in [2.24, 2.45) is 4.99 Å². The SMILES string of the molecule is CCOC(=O)C1=C(C)N=c2s/c(=C/c3ccc(C(C)(C)C)cc3)c(=O)n2[C@@H]1c1cccs1. The van der Waals surface area contributed by atoms with Crippen molar-refractivity contribution >= 4 is 34.7 Å². The van der Waals surface area contributed by atoms with Gasteiger partial charge in [0.1, 0.15) is 6.04 Å². The number of fused-ring (bicyclic) bond motifs is 1. The molecule has 3 aromatic rings. The van der Waals surface area contributed by atoms with Gasteiger partial charge in [-0.2, -0.15) is 0 Å². The molecule has 3 heterocycles. The number of allylic oxidation sites excluding steroid dienone is 1. The highest BCUT2D eigenvalue weighted by atomic mass is 32.1. The number of benzene rings is 1. The first-order valence-corrected chi connectivity index (χ1v) is 12.2. The summed E-state index contributed by atoms with van der Waals surface area (Å²) < 4.78 is 7.52. The number of nitrogens with zero attached hydrogens (tertiary/aromatic N) is 2. The van der Waals surface area contributed by atoms with Gasteiger partial charge in [0.05, 0.1) is 22.4 Å². The summed E-state index contributed by atoms with van der Waals surface area (Å²) in [6.45, 7) is 10.4. The van der Waals surface area contributed by atoms with E-state index >= 15 is 0 Å². The zero-order valence-corrected chi connectivity index (χ0v) is 20.5. The Kier molecular flexibility index (Phi) is 6.05. The van der Waals surface area contributed by atoms with Gasteiger partial charge in [-0.15, -0.1) is 11.3 Å². The number of hydrogen-bond donors (Lipinski definition) is 0. The van der Waals surface area contributed by atoms with Crippen LogP contribution in [0.4, 0.5) is 0 Å². The molecule has 32 heavy (non-hydrogen) atoms. The van der Waals surface area contributed by atoms with Crippen molar-refractivity contribution < 1.29 is 9.53 Å². The Morgan fingerprint density at radius 2 is 1.94 bits per heavy atom.